The largest absolute Gasteiger partial charge is 1.00 e. The van der Waals surface area contributed by atoms with Crippen molar-refractivity contribution < 1.29 is 42.8 Å². The Morgan fingerprint density at radius 1 is 1.05 bits per heavy atom. The Labute approximate surface area is 151 Å². The summed E-state index contributed by atoms with van der Waals surface area (Å²) in [5.41, 5.74) is 1.77. The van der Waals surface area contributed by atoms with E-state index in [1.807, 2.05) is 43.1 Å². The molecule has 0 aromatic carbocycles. The maximum absolute atomic E-state index is 5.63. The van der Waals surface area contributed by atoms with Gasteiger partial charge in [0, 0.05) is 24.3 Å². The fraction of sp³-hybridized carbons (Fsp3) is 0.500. The first kappa shape index (κ1) is 19.2. The molecule has 22 heavy (non-hydrogen) atoms. The summed E-state index contributed by atoms with van der Waals surface area (Å²) in [5, 5.41) is 0. The van der Waals surface area contributed by atoms with Crippen molar-refractivity contribution in [2.75, 3.05) is 33.0 Å². The normalized spacial score (nSPS) is 10.3. The number of aryl methyl sites for hydroxylation is 1. The van der Waals surface area contributed by atoms with Crippen LogP contribution in [0.25, 0.3) is 11.3 Å². The summed E-state index contributed by atoms with van der Waals surface area (Å²) < 4.78 is 26.7. The van der Waals surface area contributed by atoms with E-state index >= 15 is 0 Å². The van der Waals surface area contributed by atoms with E-state index in [0.717, 1.165) is 23.0 Å². The van der Waals surface area contributed by atoms with Gasteiger partial charge in [-0.05, 0) is 6.92 Å². The first-order valence-corrected chi connectivity index (χ1v) is 7.60. The van der Waals surface area contributed by atoms with Crippen molar-refractivity contribution in [3.8, 4) is 17.1 Å². The molecule has 2 aromatic heterocycles. The van der Waals surface area contributed by atoms with Gasteiger partial charge < -0.3 is 38.2 Å². The van der Waals surface area contributed by atoms with E-state index in [1.54, 1.807) is 0 Å². The Hall–Kier alpha value is -0.840. The first-order chi connectivity index (χ1) is 10.3. The minimum absolute atomic E-state index is 0. The molecule has 0 amide bonds. The monoisotopic (exact) mass is 437 g/mol. The van der Waals surface area contributed by atoms with Gasteiger partial charge in [0.2, 0.25) is 0 Å². The Morgan fingerprint density at radius 3 is 2.45 bits per heavy atom. The molecule has 2 rings (SSSR count). The van der Waals surface area contributed by atoms with Crippen LogP contribution in [0, 0.1) is 0 Å². The van der Waals surface area contributed by atoms with E-state index < -0.39 is 0 Å². The van der Waals surface area contributed by atoms with E-state index in [-0.39, 0.29) is 24.0 Å². The number of hydrogen-bond acceptors (Lipinski definition) is 6. The molecule has 2 aromatic rings. The highest BCUT2D eigenvalue weighted by atomic mass is 127. The molecule has 0 saturated carbocycles. The molecule has 0 unspecified atom stereocenters. The van der Waals surface area contributed by atoms with Gasteiger partial charge in [-0.1, -0.05) is 0 Å². The van der Waals surface area contributed by atoms with Gasteiger partial charge in [-0.3, -0.25) is 0 Å². The molecular weight excluding hydrogens is 417 g/mol. The number of pyridine rings is 1. The molecule has 0 spiro atoms. The zero-order valence-electron chi connectivity index (χ0n) is 12.7. The predicted molar refractivity (Wildman–Crippen MR) is 79.3 cm³/mol. The highest BCUT2D eigenvalue weighted by Crippen LogP contribution is 2.26. The number of nitrogens with zero attached hydrogens (tertiary/aromatic N) is 3. The fourth-order valence-corrected chi connectivity index (χ4v) is 2.19. The fourth-order valence-electron chi connectivity index (χ4n) is 1.67. The smallest absolute Gasteiger partial charge is 0.254 e. The minimum atomic E-state index is 0. The van der Waals surface area contributed by atoms with Gasteiger partial charge in [-0.15, -0.1) is 4.37 Å². The summed E-state index contributed by atoms with van der Waals surface area (Å²) in [6.45, 7) is 4.82. The van der Waals surface area contributed by atoms with Gasteiger partial charge in [0.05, 0.1) is 31.5 Å². The third-order valence-corrected chi connectivity index (χ3v) is 3.26. The van der Waals surface area contributed by atoms with Crippen LogP contribution >= 0.6 is 11.7 Å². The van der Waals surface area contributed by atoms with Gasteiger partial charge in [0.1, 0.15) is 19.3 Å². The molecule has 0 radical (unpaired) electrons. The summed E-state index contributed by atoms with van der Waals surface area (Å²) in [6, 6.07) is 3.98. The van der Waals surface area contributed by atoms with E-state index in [4.69, 9.17) is 14.2 Å². The lowest BCUT2D eigenvalue weighted by atomic mass is 10.2. The van der Waals surface area contributed by atoms with Crippen LogP contribution in [0.5, 0.6) is 5.88 Å². The summed E-state index contributed by atoms with van der Waals surface area (Å²) in [4.78, 5) is 0. The minimum Gasteiger partial charge on any atom is -1.00 e. The number of aromatic nitrogens is 3. The maximum Gasteiger partial charge on any atom is 0.254 e. The lowest BCUT2D eigenvalue weighted by molar-refractivity contribution is -0.671. The molecule has 0 aliphatic carbocycles. The highest BCUT2D eigenvalue weighted by molar-refractivity contribution is 6.99. The van der Waals surface area contributed by atoms with Crippen LogP contribution < -0.4 is 33.3 Å². The van der Waals surface area contributed by atoms with Crippen molar-refractivity contribution in [3.05, 3.63) is 24.5 Å². The second kappa shape index (κ2) is 10.8. The SMILES string of the molecule is CCOCCOCCOc1nsnc1-c1cc[n+](C)cc1.[I-]. The first-order valence-electron chi connectivity index (χ1n) is 6.87. The lowest BCUT2D eigenvalue weighted by Gasteiger charge is -2.06. The van der Waals surface area contributed by atoms with Gasteiger partial charge >= 0.3 is 0 Å². The third-order valence-electron chi connectivity index (χ3n) is 2.75. The second-order valence-corrected chi connectivity index (χ2v) is 4.86. The van der Waals surface area contributed by atoms with Gasteiger partial charge in [0.15, 0.2) is 12.4 Å². The summed E-state index contributed by atoms with van der Waals surface area (Å²) >= 11 is 1.15. The van der Waals surface area contributed by atoms with Crippen molar-refractivity contribution in [2.24, 2.45) is 7.05 Å². The molecule has 2 heterocycles. The van der Waals surface area contributed by atoms with Crippen molar-refractivity contribution in [3.63, 3.8) is 0 Å². The van der Waals surface area contributed by atoms with Crippen LogP contribution in [0.15, 0.2) is 24.5 Å². The highest BCUT2D eigenvalue weighted by Gasteiger charge is 2.12. The number of halogens is 1. The van der Waals surface area contributed by atoms with E-state index in [9.17, 15) is 0 Å². The standard InChI is InChI=1S/C14H20N3O3S.HI/c1-3-18-8-9-19-10-11-20-14-13(15-21-16-14)12-4-6-17(2)7-5-12;/h4-7H,3,8-11H2,1-2H3;1H/q+1;/p-1. The summed E-state index contributed by atoms with van der Waals surface area (Å²) in [5.74, 6) is 0.558. The molecule has 0 N–H and O–H groups in total. The lowest BCUT2D eigenvalue weighted by Crippen LogP contribution is -3.00. The van der Waals surface area contributed by atoms with Gasteiger partial charge in [0.25, 0.3) is 5.88 Å². The number of ether oxygens (including phenoxy) is 3. The molecule has 0 atom stereocenters. The molecule has 0 bridgehead atoms. The van der Waals surface area contributed by atoms with Gasteiger partial charge in [-0.25, -0.2) is 4.57 Å². The predicted octanol–water partition coefficient (Wildman–Crippen LogP) is -1.53. The summed E-state index contributed by atoms with van der Waals surface area (Å²) in [7, 11) is 1.97. The van der Waals surface area contributed by atoms with Crippen LogP contribution in [0.2, 0.25) is 0 Å². The Bertz CT molecular complexity index is 536. The van der Waals surface area contributed by atoms with E-state index in [0.29, 0.717) is 38.9 Å². The third kappa shape index (κ3) is 6.11. The van der Waals surface area contributed by atoms with Crippen LogP contribution in [-0.4, -0.2) is 41.8 Å². The molecule has 0 saturated heterocycles. The zero-order chi connectivity index (χ0) is 14.9. The van der Waals surface area contributed by atoms with Crippen LogP contribution in [0.1, 0.15) is 6.92 Å². The zero-order valence-corrected chi connectivity index (χ0v) is 15.7. The average Bonchev–Trinajstić information content (AvgIpc) is 2.95. The Kier molecular flexibility index (Phi) is 9.44. The molecule has 0 aliphatic rings. The molecule has 122 valence electrons. The molecule has 0 aliphatic heterocycles. The quantitative estimate of drug-likeness (QED) is 0.271. The number of rotatable bonds is 9. The Morgan fingerprint density at radius 2 is 1.73 bits per heavy atom. The number of hydrogen-bond donors (Lipinski definition) is 0. The van der Waals surface area contributed by atoms with Crippen molar-refractivity contribution in [2.45, 2.75) is 6.92 Å². The molecule has 6 nitrogen and oxygen atoms in total. The van der Waals surface area contributed by atoms with Crippen LogP contribution in [0.4, 0.5) is 0 Å². The van der Waals surface area contributed by atoms with Crippen LogP contribution in [-0.2, 0) is 16.5 Å². The van der Waals surface area contributed by atoms with Gasteiger partial charge in [-0.2, -0.15) is 4.37 Å². The van der Waals surface area contributed by atoms with Crippen LogP contribution in [0.3, 0.4) is 0 Å². The Balaban J connectivity index is 0.00000242. The van der Waals surface area contributed by atoms with E-state index in [2.05, 4.69) is 8.75 Å². The van der Waals surface area contributed by atoms with Crippen molar-refractivity contribution in [1.29, 1.82) is 0 Å². The summed E-state index contributed by atoms with van der Waals surface area (Å²) in [6.07, 6.45) is 3.94. The molecular formula is C14H20IN3O3S. The average molecular weight is 437 g/mol. The topological polar surface area (TPSA) is 57.4 Å². The van der Waals surface area contributed by atoms with E-state index in [1.165, 1.54) is 0 Å². The molecule has 0 fully saturated rings. The van der Waals surface area contributed by atoms with Crippen molar-refractivity contribution >= 4 is 11.7 Å². The maximum atomic E-state index is 5.63. The van der Waals surface area contributed by atoms with Crippen molar-refractivity contribution in [1.82, 2.24) is 8.75 Å². The molecule has 8 heteroatoms. The second-order valence-electron chi connectivity index (χ2n) is 4.33.